The Morgan fingerprint density at radius 2 is 1.35 bits per heavy atom. The Hall–Kier alpha value is -1.75. The Labute approximate surface area is 108 Å². The summed E-state index contributed by atoms with van der Waals surface area (Å²) in [5, 5.41) is 0. The van der Waals surface area contributed by atoms with Crippen molar-refractivity contribution in [3.8, 4) is 0 Å². The zero-order valence-corrected chi connectivity index (χ0v) is 10.8. The van der Waals surface area contributed by atoms with Crippen LogP contribution in [0.2, 0.25) is 0 Å². The maximum absolute atomic E-state index is 11.3. The predicted molar refractivity (Wildman–Crippen MR) is 74.2 cm³/mol. The highest BCUT2D eigenvalue weighted by molar-refractivity contribution is 7.59. The van der Waals surface area contributed by atoms with Crippen LogP contribution in [0.4, 0.5) is 11.4 Å². The summed E-state index contributed by atoms with van der Waals surface area (Å²) in [7, 11) is 0. The summed E-state index contributed by atoms with van der Waals surface area (Å²) in [6.45, 7) is 4.00. The van der Waals surface area contributed by atoms with Gasteiger partial charge in [0.15, 0.2) is 0 Å². The van der Waals surface area contributed by atoms with Crippen molar-refractivity contribution in [2.45, 2.75) is 13.8 Å². The summed E-state index contributed by atoms with van der Waals surface area (Å²) in [4.78, 5) is 23.6. The number of amides is 2. The molecule has 0 aromatic heterocycles. The van der Waals surface area contributed by atoms with Crippen LogP contribution in [0.1, 0.15) is 13.8 Å². The van der Waals surface area contributed by atoms with Crippen LogP contribution in [-0.4, -0.2) is 11.8 Å². The minimum absolute atomic E-state index is 0. The van der Waals surface area contributed by atoms with E-state index in [1.54, 1.807) is 24.3 Å². The molecule has 4 nitrogen and oxygen atoms in total. The third kappa shape index (κ3) is 3.35. The summed E-state index contributed by atoms with van der Waals surface area (Å²) < 4.78 is 0. The van der Waals surface area contributed by atoms with Crippen molar-refractivity contribution in [1.82, 2.24) is 0 Å². The molecule has 0 radical (unpaired) electrons. The fourth-order valence-corrected chi connectivity index (χ4v) is 1.28. The largest absolute Gasteiger partial charge is 0.399 e. The molecular formula is C12H16N2O2S. The fraction of sp³-hybridized carbons (Fsp3) is 0.167. The summed E-state index contributed by atoms with van der Waals surface area (Å²) in [6, 6.07) is 6.57. The lowest BCUT2D eigenvalue weighted by atomic mass is 10.2. The SMILES string of the molecule is CC.Nc1ccc(N2C(=O)C=CC2=O)cc1.S. The highest BCUT2D eigenvalue weighted by Crippen LogP contribution is 2.19. The van der Waals surface area contributed by atoms with Crippen molar-refractivity contribution in [2.75, 3.05) is 10.6 Å². The molecule has 0 spiro atoms. The van der Waals surface area contributed by atoms with Crippen LogP contribution in [0.15, 0.2) is 36.4 Å². The van der Waals surface area contributed by atoms with Gasteiger partial charge in [-0.05, 0) is 24.3 Å². The lowest BCUT2D eigenvalue weighted by Crippen LogP contribution is -2.29. The number of rotatable bonds is 1. The third-order valence-electron chi connectivity index (χ3n) is 1.96. The molecule has 1 aromatic rings. The molecule has 0 bridgehead atoms. The van der Waals surface area contributed by atoms with Crippen molar-refractivity contribution in [1.29, 1.82) is 0 Å². The van der Waals surface area contributed by atoms with Crippen LogP contribution in [-0.2, 0) is 9.59 Å². The number of carbonyl (C=O) groups excluding carboxylic acids is 2. The quantitative estimate of drug-likeness (QED) is 0.612. The van der Waals surface area contributed by atoms with E-state index in [1.165, 1.54) is 12.2 Å². The maximum Gasteiger partial charge on any atom is 0.258 e. The van der Waals surface area contributed by atoms with Gasteiger partial charge >= 0.3 is 0 Å². The molecule has 1 heterocycles. The molecule has 1 aliphatic rings. The molecule has 0 fully saturated rings. The molecule has 0 unspecified atom stereocenters. The van der Waals surface area contributed by atoms with E-state index in [9.17, 15) is 9.59 Å². The normalized spacial score (nSPS) is 12.9. The van der Waals surface area contributed by atoms with Crippen LogP contribution >= 0.6 is 13.5 Å². The highest BCUT2D eigenvalue weighted by Gasteiger charge is 2.24. The number of nitrogen functional groups attached to an aromatic ring is 1. The van der Waals surface area contributed by atoms with Gasteiger partial charge < -0.3 is 5.73 Å². The molecule has 0 aliphatic carbocycles. The van der Waals surface area contributed by atoms with Gasteiger partial charge in [0, 0.05) is 17.8 Å². The van der Waals surface area contributed by atoms with Gasteiger partial charge in [-0.1, -0.05) is 13.8 Å². The first-order chi connectivity index (χ1) is 7.68. The van der Waals surface area contributed by atoms with Crippen LogP contribution in [0.3, 0.4) is 0 Å². The molecule has 2 rings (SSSR count). The summed E-state index contributed by atoms with van der Waals surface area (Å²) in [6.07, 6.45) is 2.50. The van der Waals surface area contributed by atoms with Crippen molar-refractivity contribution in [3.63, 3.8) is 0 Å². The van der Waals surface area contributed by atoms with Crippen molar-refractivity contribution in [2.24, 2.45) is 0 Å². The number of carbonyl (C=O) groups is 2. The first kappa shape index (κ1) is 15.2. The number of benzene rings is 1. The molecular weight excluding hydrogens is 236 g/mol. The van der Waals surface area contributed by atoms with Crippen LogP contribution < -0.4 is 10.6 Å². The topological polar surface area (TPSA) is 63.4 Å². The second-order valence-electron chi connectivity index (χ2n) is 2.94. The Balaban J connectivity index is 0.000000811. The second-order valence-corrected chi connectivity index (χ2v) is 2.94. The zero-order chi connectivity index (χ0) is 12.1. The van der Waals surface area contributed by atoms with Gasteiger partial charge in [-0.3, -0.25) is 9.59 Å². The average molecular weight is 252 g/mol. The van der Waals surface area contributed by atoms with Crippen molar-refractivity contribution < 1.29 is 9.59 Å². The van der Waals surface area contributed by atoms with E-state index < -0.39 is 0 Å². The number of nitrogens with two attached hydrogens (primary N) is 1. The Bertz CT molecular complexity index is 409. The van der Waals surface area contributed by atoms with Gasteiger partial charge in [0.1, 0.15) is 0 Å². The predicted octanol–water partition coefficient (Wildman–Crippen LogP) is 1.84. The number of hydrogen-bond acceptors (Lipinski definition) is 3. The molecule has 2 N–H and O–H groups in total. The number of nitrogens with zero attached hydrogens (tertiary/aromatic N) is 1. The van der Waals surface area contributed by atoms with Crippen LogP contribution in [0.25, 0.3) is 0 Å². The van der Waals surface area contributed by atoms with Gasteiger partial charge in [0.25, 0.3) is 11.8 Å². The van der Waals surface area contributed by atoms with E-state index in [4.69, 9.17) is 5.73 Å². The number of imide groups is 1. The summed E-state index contributed by atoms with van der Waals surface area (Å²) >= 11 is 0. The van der Waals surface area contributed by atoms with E-state index in [0.29, 0.717) is 11.4 Å². The van der Waals surface area contributed by atoms with Gasteiger partial charge in [0.05, 0.1) is 5.69 Å². The minimum atomic E-state index is -0.320. The standard InChI is InChI=1S/C10H8N2O2.C2H6.H2S/c11-7-1-3-8(4-2-7)12-9(13)5-6-10(12)14;1-2;/h1-6H,11H2;1-2H3;1H2. The number of anilines is 2. The van der Waals surface area contributed by atoms with Crippen molar-refractivity contribution >= 4 is 36.7 Å². The fourth-order valence-electron chi connectivity index (χ4n) is 1.28. The molecule has 17 heavy (non-hydrogen) atoms. The molecule has 0 atom stereocenters. The van der Waals surface area contributed by atoms with Crippen LogP contribution in [0.5, 0.6) is 0 Å². The molecule has 0 saturated heterocycles. The molecule has 2 amide bonds. The van der Waals surface area contributed by atoms with E-state index in [-0.39, 0.29) is 25.3 Å². The van der Waals surface area contributed by atoms with Gasteiger partial charge in [-0.25, -0.2) is 4.90 Å². The Kier molecular flexibility index (Phi) is 6.06. The van der Waals surface area contributed by atoms with Crippen molar-refractivity contribution in [3.05, 3.63) is 36.4 Å². The van der Waals surface area contributed by atoms with Gasteiger partial charge in [-0.2, -0.15) is 13.5 Å². The first-order valence-corrected chi connectivity index (χ1v) is 5.10. The molecule has 92 valence electrons. The minimum Gasteiger partial charge on any atom is -0.399 e. The Morgan fingerprint density at radius 3 is 1.76 bits per heavy atom. The average Bonchev–Trinajstić information content (AvgIpc) is 2.63. The zero-order valence-electron chi connectivity index (χ0n) is 9.81. The molecule has 5 heteroatoms. The highest BCUT2D eigenvalue weighted by atomic mass is 32.1. The first-order valence-electron chi connectivity index (χ1n) is 5.10. The lowest BCUT2D eigenvalue weighted by molar-refractivity contribution is -0.119. The lowest BCUT2D eigenvalue weighted by Gasteiger charge is -2.13. The number of hydrogen-bond donors (Lipinski definition) is 1. The van der Waals surface area contributed by atoms with E-state index >= 15 is 0 Å². The summed E-state index contributed by atoms with van der Waals surface area (Å²) in [5.74, 6) is -0.639. The third-order valence-corrected chi connectivity index (χ3v) is 1.96. The molecule has 1 aliphatic heterocycles. The molecule has 0 saturated carbocycles. The maximum atomic E-state index is 11.3. The van der Waals surface area contributed by atoms with E-state index in [2.05, 4.69) is 0 Å². The van der Waals surface area contributed by atoms with Crippen LogP contribution in [0, 0.1) is 0 Å². The summed E-state index contributed by atoms with van der Waals surface area (Å²) in [5.41, 5.74) is 6.63. The monoisotopic (exact) mass is 252 g/mol. The second kappa shape index (κ2) is 6.75. The Morgan fingerprint density at radius 1 is 0.941 bits per heavy atom. The van der Waals surface area contributed by atoms with Gasteiger partial charge in [-0.15, -0.1) is 0 Å². The van der Waals surface area contributed by atoms with E-state index in [1.807, 2.05) is 13.8 Å². The van der Waals surface area contributed by atoms with Gasteiger partial charge in [0.2, 0.25) is 0 Å². The molecule has 1 aromatic carbocycles. The smallest absolute Gasteiger partial charge is 0.258 e. The van der Waals surface area contributed by atoms with E-state index in [0.717, 1.165) is 4.90 Å².